The van der Waals surface area contributed by atoms with Crippen molar-refractivity contribution in [2.24, 2.45) is 5.73 Å². The van der Waals surface area contributed by atoms with E-state index in [0.717, 1.165) is 16.7 Å². The SMILES string of the molecule is CCn1c(SCC2=C(C(=O)O)N3C(=O)C(NC(=O)C(N)c4ccc(O)cc4)[C@H]3SC2)n[nH]c(=O)c1=O. The zero-order valence-corrected chi connectivity index (χ0v) is 20.5. The molecule has 36 heavy (non-hydrogen) atoms. The van der Waals surface area contributed by atoms with E-state index in [1.807, 2.05) is 0 Å². The van der Waals surface area contributed by atoms with Crippen LogP contribution >= 0.6 is 23.5 Å². The van der Waals surface area contributed by atoms with Crippen molar-refractivity contribution < 1.29 is 24.6 Å². The molecule has 3 heterocycles. The summed E-state index contributed by atoms with van der Waals surface area (Å²) in [5.74, 6) is -2.08. The molecule has 6 N–H and O–H groups in total. The number of thioether (sulfide) groups is 2. The fourth-order valence-corrected chi connectivity index (χ4v) is 6.32. The number of aromatic amines is 1. The quantitative estimate of drug-likeness (QED) is 0.161. The molecule has 0 radical (unpaired) electrons. The monoisotopic (exact) mass is 534 g/mol. The highest BCUT2D eigenvalue weighted by molar-refractivity contribution is 8.01. The van der Waals surface area contributed by atoms with Crippen LogP contribution in [0.5, 0.6) is 5.75 Å². The van der Waals surface area contributed by atoms with Gasteiger partial charge in [-0.05, 0) is 30.2 Å². The molecule has 1 fully saturated rings. The zero-order valence-electron chi connectivity index (χ0n) is 18.8. The average Bonchev–Trinajstić information content (AvgIpc) is 2.87. The Hall–Kier alpha value is -3.56. The van der Waals surface area contributed by atoms with Crippen molar-refractivity contribution in [2.45, 2.75) is 36.1 Å². The number of rotatable bonds is 8. The van der Waals surface area contributed by atoms with Gasteiger partial charge in [0.1, 0.15) is 28.9 Å². The van der Waals surface area contributed by atoms with E-state index >= 15 is 0 Å². The normalized spacial score (nSPS) is 19.9. The lowest BCUT2D eigenvalue weighted by atomic mass is 10.0. The fraction of sp³-hybridized carbons (Fsp3) is 0.333. The van der Waals surface area contributed by atoms with Gasteiger partial charge in [-0.15, -0.1) is 16.9 Å². The van der Waals surface area contributed by atoms with Crippen LogP contribution in [0.4, 0.5) is 0 Å². The van der Waals surface area contributed by atoms with Crippen LogP contribution in [0.3, 0.4) is 0 Å². The van der Waals surface area contributed by atoms with Crippen molar-refractivity contribution >= 4 is 41.3 Å². The molecule has 4 rings (SSSR count). The number of benzene rings is 1. The molecular formula is C21H22N6O7S2. The predicted molar refractivity (Wildman–Crippen MR) is 130 cm³/mol. The Bertz CT molecular complexity index is 1370. The molecule has 0 saturated carbocycles. The van der Waals surface area contributed by atoms with Gasteiger partial charge in [0, 0.05) is 18.1 Å². The van der Waals surface area contributed by atoms with Crippen molar-refractivity contribution in [2.75, 3.05) is 11.5 Å². The molecule has 3 atom stereocenters. The van der Waals surface area contributed by atoms with Gasteiger partial charge in [0.25, 0.3) is 5.91 Å². The molecule has 0 aliphatic carbocycles. The van der Waals surface area contributed by atoms with Crippen LogP contribution in [0.2, 0.25) is 0 Å². The lowest BCUT2D eigenvalue weighted by molar-refractivity contribution is -0.150. The summed E-state index contributed by atoms with van der Waals surface area (Å²) in [5, 5.41) is 27.4. The van der Waals surface area contributed by atoms with Crippen LogP contribution < -0.4 is 22.2 Å². The fourth-order valence-electron chi connectivity index (χ4n) is 3.83. The first-order chi connectivity index (χ1) is 17.1. The number of hydrogen-bond acceptors (Lipinski definition) is 10. The summed E-state index contributed by atoms with van der Waals surface area (Å²) in [6.07, 6.45) is 0. The highest BCUT2D eigenvalue weighted by atomic mass is 32.2. The van der Waals surface area contributed by atoms with E-state index in [1.165, 1.54) is 40.6 Å². The summed E-state index contributed by atoms with van der Waals surface area (Å²) in [5.41, 5.74) is 5.07. The molecule has 0 bridgehead atoms. The third-order valence-electron chi connectivity index (χ3n) is 5.70. The van der Waals surface area contributed by atoms with Gasteiger partial charge >= 0.3 is 17.1 Å². The number of carboxylic acid groups (broad SMARTS) is 1. The van der Waals surface area contributed by atoms with Gasteiger partial charge in [-0.25, -0.2) is 9.89 Å². The number of aromatic nitrogens is 3. The van der Waals surface area contributed by atoms with Crippen molar-refractivity contribution in [3.05, 3.63) is 61.8 Å². The molecule has 1 aromatic heterocycles. The number of fused-ring (bicyclic) bond motifs is 1. The standard InChI is InChI=1S/C21H22N6O7S2/c1-2-26-18(32)16(30)24-25-21(26)36-8-10-7-35-19-13(17(31)27(19)14(10)20(33)34)23-15(29)12(22)9-3-5-11(28)6-4-9/h3-6,12-13,19,28H,2,7-8,22H2,1H3,(H,23,29)(H,24,30)(H,33,34)/t12?,13?,19-/m1/s1. The molecule has 2 aliphatic heterocycles. The number of H-pyrrole nitrogens is 1. The lowest BCUT2D eigenvalue weighted by Crippen LogP contribution is -2.71. The second-order valence-corrected chi connectivity index (χ2v) is 9.94. The van der Waals surface area contributed by atoms with Gasteiger partial charge in [-0.3, -0.25) is 28.6 Å². The van der Waals surface area contributed by atoms with Gasteiger partial charge in [0.2, 0.25) is 5.91 Å². The van der Waals surface area contributed by atoms with Crippen LogP contribution in [0.1, 0.15) is 18.5 Å². The third kappa shape index (κ3) is 4.64. The van der Waals surface area contributed by atoms with E-state index in [1.54, 1.807) is 6.92 Å². The number of phenols is 1. The van der Waals surface area contributed by atoms with E-state index in [-0.39, 0.29) is 34.7 Å². The Labute approximate surface area is 211 Å². The average molecular weight is 535 g/mol. The summed E-state index contributed by atoms with van der Waals surface area (Å²) >= 11 is 2.36. The van der Waals surface area contributed by atoms with E-state index in [0.29, 0.717) is 11.1 Å². The second kappa shape index (κ2) is 10.2. The number of carboxylic acids is 1. The molecule has 2 aliphatic rings. The van der Waals surface area contributed by atoms with Gasteiger partial charge in [-0.1, -0.05) is 23.9 Å². The van der Waals surface area contributed by atoms with Gasteiger partial charge in [0.15, 0.2) is 5.16 Å². The number of nitrogens with one attached hydrogen (secondary N) is 2. The van der Waals surface area contributed by atoms with Crippen LogP contribution in [-0.2, 0) is 20.9 Å². The smallest absolute Gasteiger partial charge is 0.352 e. The Morgan fingerprint density at radius 2 is 2.00 bits per heavy atom. The Morgan fingerprint density at radius 1 is 1.31 bits per heavy atom. The van der Waals surface area contributed by atoms with Crippen LogP contribution in [0, 0.1) is 0 Å². The minimum Gasteiger partial charge on any atom is -0.508 e. The first-order valence-electron chi connectivity index (χ1n) is 10.7. The highest BCUT2D eigenvalue weighted by Gasteiger charge is 2.54. The number of nitrogens with zero attached hydrogens (tertiary/aromatic N) is 3. The molecule has 2 amide bonds. The molecule has 0 spiro atoms. The summed E-state index contributed by atoms with van der Waals surface area (Å²) in [6.45, 7) is 1.88. The molecule has 190 valence electrons. The number of hydrogen-bond donors (Lipinski definition) is 5. The Balaban J connectivity index is 1.49. The molecule has 1 saturated heterocycles. The van der Waals surface area contributed by atoms with E-state index in [2.05, 4.69) is 15.5 Å². The van der Waals surface area contributed by atoms with E-state index in [9.17, 15) is 34.2 Å². The molecule has 15 heteroatoms. The zero-order chi connectivity index (χ0) is 26.1. The van der Waals surface area contributed by atoms with Crippen LogP contribution in [-0.4, -0.2) is 70.6 Å². The summed E-state index contributed by atoms with van der Waals surface area (Å²) < 4.78 is 1.18. The molecule has 2 aromatic rings. The van der Waals surface area contributed by atoms with Crippen molar-refractivity contribution in [1.82, 2.24) is 25.0 Å². The number of carbonyl (C=O) groups excluding carboxylic acids is 2. The number of nitrogens with two attached hydrogens (primary N) is 1. The first kappa shape index (κ1) is 25.5. The topological polar surface area (TPSA) is 201 Å². The second-order valence-electron chi connectivity index (χ2n) is 7.90. The van der Waals surface area contributed by atoms with Gasteiger partial charge < -0.3 is 21.3 Å². The van der Waals surface area contributed by atoms with Crippen LogP contribution in [0.25, 0.3) is 0 Å². The largest absolute Gasteiger partial charge is 0.508 e. The number of carbonyl (C=O) groups is 3. The predicted octanol–water partition coefficient (Wildman–Crippen LogP) is -0.812. The number of amides is 2. The minimum absolute atomic E-state index is 0.0195. The van der Waals surface area contributed by atoms with Crippen molar-refractivity contribution in [3.63, 3.8) is 0 Å². The molecule has 2 unspecified atom stereocenters. The Morgan fingerprint density at radius 3 is 2.64 bits per heavy atom. The number of aliphatic carboxylic acids is 1. The van der Waals surface area contributed by atoms with Gasteiger partial charge in [0.05, 0.1) is 0 Å². The molecular weight excluding hydrogens is 512 g/mol. The maximum Gasteiger partial charge on any atom is 0.352 e. The van der Waals surface area contributed by atoms with E-state index in [4.69, 9.17) is 5.73 Å². The number of β-lactam (4-membered cyclic amide) rings is 1. The van der Waals surface area contributed by atoms with E-state index < -0.39 is 46.4 Å². The number of phenolic OH excluding ortho intramolecular Hbond substituents is 1. The first-order valence-corrected chi connectivity index (χ1v) is 12.7. The molecule has 13 nitrogen and oxygen atoms in total. The Kier molecular flexibility index (Phi) is 7.23. The van der Waals surface area contributed by atoms with Gasteiger partial charge in [-0.2, -0.15) is 0 Å². The third-order valence-corrected chi connectivity index (χ3v) is 8.10. The van der Waals surface area contributed by atoms with Crippen LogP contribution in [0.15, 0.2) is 50.3 Å². The van der Waals surface area contributed by atoms with Crippen molar-refractivity contribution in [3.8, 4) is 5.75 Å². The highest BCUT2D eigenvalue weighted by Crippen LogP contribution is 2.41. The number of aromatic hydroxyl groups is 1. The van der Waals surface area contributed by atoms with Crippen molar-refractivity contribution in [1.29, 1.82) is 0 Å². The summed E-state index contributed by atoms with van der Waals surface area (Å²) in [6, 6.07) is 3.75. The lowest BCUT2D eigenvalue weighted by Gasteiger charge is -2.49. The maximum absolute atomic E-state index is 12.9. The molecule has 1 aromatic carbocycles. The summed E-state index contributed by atoms with van der Waals surface area (Å²) in [7, 11) is 0. The maximum atomic E-state index is 12.9. The summed E-state index contributed by atoms with van der Waals surface area (Å²) in [4.78, 5) is 62.2. The minimum atomic E-state index is -1.29.